The van der Waals surface area contributed by atoms with Gasteiger partial charge in [-0.3, -0.25) is 16.0 Å². The van der Waals surface area contributed by atoms with Crippen molar-refractivity contribution in [1.82, 2.24) is 30.4 Å². The van der Waals surface area contributed by atoms with Crippen LogP contribution in [-0.2, 0) is 0 Å². The number of aromatic nitrogens is 2. The number of dihydropyridines is 1. The number of nitrogens with zero attached hydrogens (tertiary/aromatic N) is 2. The summed E-state index contributed by atoms with van der Waals surface area (Å²) >= 11 is 0. The van der Waals surface area contributed by atoms with E-state index in [9.17, 15) is 0 Å². The molecular weight excluding hydrogens is 661 g/mol. The van der Waals surface area contributed by atoms with Crippen LogP contribution < -0.4 is 21.3 Å². The predicted octanol–water partition coefficient (Wildman–Crippen LogP) is 10.1. The lowest BCUT2D eigenvalue weighted by atomic mass is 10.00. The Kier molecular flexibility index (Phi) is 7.26. The lowest BCUT2D eigenvalue weighted by molar-refractivity contribution is 0.215. The molecule has 11 rings (SSSR count). The molecule has 0 bridgehead atoms. The Morgan fingerprint density at radius 1 is 0.444 bits per heavy atom. The fourth-order valence-corrected chi connectivity index (χ4v) is 8.82. The molecule has 0 radical (unpaired) electrons. The smallest absolute Gasteiger partial charge is 0.123 e. The summed E-state index contributed by atoms with van der Waals surface area (Å²) in [4.78, 5) is 0. The highest BCUT2D eigenvalue weighted by Crippen LogP contribution is 2.40. The minimum Gasteiger partial charge on any atom is -0.363 e. The van der Waals surface area contributed by atoms with Gasteiger partial charge in [0.15, 0.2) is 0 Å². The van der Waals surface area contributed by atoms with Gasteiger partial charge in [-0.05, 0) is 70.4 Å². The number of nitrogens with one attached hydrogen (secondary N) is 4. The number of rotatable bonds is 5. The van der Waals surface area contributed by atoms with E-state index in [1.165, 1.54) is 65.5 Å². The van der Waals surface area contributed by atoms with Gasteiger partial charge in [-0.2, -0.15) is 0 Å². The molecule has 4 atom stereocenters. The summed E-state index contributed by atoms with van der Waals surface area (Å²) in [5, 5.41) is 23.2. The van der Waals surface area contributed by atoms with Crippen molar-refractivity contribution in [2.24, 2.45) is 0 Å². The summed E-state index contributed by atoms with van der Waals surface area (Å²) in [5.41, 5.74) is 9.45. The van der Waals surface area contributed by atoms with Crippen molar-refractivity contribution in [1.29, 1.82) is 0 Å². The van der Waals surface area contributed by atoms with Crippen molar-refractivity contribution < 1.29 is 0 Å². The molecule has 2 aromatic heterocycles. The van der Waals surface area contributed by atoms with Gasteiger partial charge in [-0.1, -0.05) is 133 Å². The maximum absolute atomic E-state index is 3.99. The van der Waals surface area contributed by atoms with E-state index in [0.717, 1.165) is 11.4 Å². The zero-order valence-electron chi connectivity index (χ0n) is 29.5. The summed E-state index contributed by atoms with van der Waals surface area (Å²) in [6, 6.07) is 58.9. The molecule has 6 nitrogen and oxygen atoms in total. The SMILES string of the molecule is C1=CC(n2c3ccccc3c3cc4c5ccccc5n(-c5ccccc5)c4cc32)NC(C2NC(c3ccccc3)NC(c3cccc4ccccc34)N2)=C1. The van der Waals surface area contributed by atoms with E-state index in [1.54, 1.807) is 0 Å². The topological polar surface area (TPSA) is 58.0 Å². The van der Waals surface area contributed by atoms with E-state index < -0.39 is 0 Å². The average molecular weight is 699 g/mol. The van der Waals surface area contributed by atoms with Crippen LogP contribution in [0.15, 0.2) is 188 Å². The molecule has 260 valence electrons. The first-order chi connectivity index (χ1) is 26.8. The van der Waals surface area contributed by atoms with E-state index in [-0.39, 0.29) is 24.7 Å². The summed E-state index contributed by atoms with van der Waals surface area (Å²) in [6.45, 7) is 0. The fourth-order valence-electron chi connectivity index (χ4n) is 8.82. The average Bonchev–Trinajstić information content (AvgIpc) is 3.75. The standard InChI is InChI=1S/C48H38N6/c1-3-16-32(17-4-1)46-50-47(37-24-13-18-31-15-7-8-21-34(31)37)52-48(51-46)40-25-14-28-45(49-40)54-42-27-12-10-23-36(42)39-29-38-35-22-9-11-26-41(35)53(43(38)30-44(39)54)33-19-5-2-6-20-33/h1-30,45-52H. The van der Waals surface area contributed by atoms with Crippen LogP contribution in [0.1, 0.15) is 29.6 Å². The highest BCUT2D eigenvalue weighted by molar-refractivity contribution is 6.18. The first kappa shape index (κ1) is 31.1. The minimum absolute atomic E-state index is 0.0742. The summed E-state index contributed by atoms with van der Waals surface area (Å²) in [6.07, 6.45) is 6.22. The fraction of sp³-hybridized carbons (Fsp3) is 0.0833. The van der Waals surface area contributed by atoms with Gasteiger partial charge < -0.3 is 14.5 Å². The number of hydrogen-bond acceptors (Lipinski definition) is 4. The van der Waals surface area contributed by atoms with Crippen LogP contribution in [0, 0.1) is 0 Å². The van der Waals surface area contributed by atoms with Gasteiger partial charge in [0.2, 0.25) is 0 Å². The van der Waals surface area contributed by atoms with E-state index in [2.05, 4.69) is 212 Å². The molecular formula is C48H38N6. The number of hydrogen-bond donors (Lipinski definition) is 4. The second kappa shape index (κ2) is 12.6. The molecule has 1 fully saturated rings. The molecule has 4 N–H and O–H groups in total. The minimum atomic E-state index is -0.159. The summed E-state index contributed by atoms with van der Waals surface area (Å²) in [7, 11) is 0. The van der Waals surface area contributed by atoms with Gasteiger partial charge in [0.05, 0.1) is 34.4 Å². The molecule has 1 saturated heterocycles. The largest absolute Gasteiger partial charge is 0.363 e. The molecule has 0 aliphatic carbocycles. The Morgan fingerprint density at radius 2 is 1.07 bits per heavy atom. The van der Waals surface area contributed by atoms with Gasteiger partial charge in [-0.15, -0.1) is 0 Å². The molecule has 7 aromatic carbocycles. The molecule has 2 aliphatic heterocycles. The van der Waals surface area contributed by atoms with Gasteiger partial charge in [0, 0.05) is 32.9 Å². The molecule has 6 heteroatoms. The van der Waals surface area contributed by atoms with Crippen LogP contribution in [0.25, 0.3) is 60.1 Å². The maximum atomic E-state index is 3.99. The molecule has 9 aromatic rings. The number of benzene rings is 7. The highest BCUT2D eigenvalue weighted by atomic mass is 15.4. The lowest BCUT2D eigenvalue weighted by Crippen LogP contribution is -2.61. The van der Waals surface area contributed by atoms with Crippen LogP contribution >= 0.6 is 0 Å². The summed E-state index contributed by atoms with van der Waals surface area (Å²) < 4.78 is 4.88. The van der Waals surface area contributed by atoms with Crippen molar-refractivity contribution in [2.75, 3.05) is 0 Å². The van der Waals surface area contributed by atoms with Crippen LogP contribution in [0.4, 0.5) is 0 Å². The third-order valence-corrected chi connectivity index (χ3v) is 11.3. The Morgan fingerprint density at radius 3 is 1.91 bits per heavy atom. The van der Waals surface area contributed by atoms with Crippen LogP contribution in [0.5, 0.6) is 0 Å². The van der Waals surface area contributed by atoms with Crippen molar-refractivity contribution in [3.63, 3.8) is 0 Å². The van der Waals surface area contributed by atoms with Gasteiger partial charge in [-0.25, -0.2) is 0 Å². The second-order valence-electron chi connectivity index (χ2n) is 14.3. The van der Waals surface area contributed by atoms with Crippen LogP contribution in [0.2, 0.25) is 0 Å². The molecule has 0 saturated carbocycles. The normalized spacial score (nSPS) is 20.2. The number of para-hydroxylation sites is 3. The predicted molar refractivity (Wildman–Crippen MR) is 222 cm³/mol. The molecule has 4 heterocycles. The molecule has 0 spiro atoms. The van der Waals surface area contributed by atoms with Crippen molar-refractivity contribution in [2.45, 2.75) is 24.7 Å². The zero-order chi connectivity index (χ0) is 35.6. The molecule has 4 unspecified atom stereocenters. The zero-order valence-corrected chi connectivity index (χ0v) is 29.5. The van der Waals surface area contributed by atoms with Crippen LogP contribution in [0.3, 0.4) is 0 Å². The summed E-state index contributed by atoms with van der Waals surface area (Å²) in [5.74, 6) is 0. The Balaban J connectivity index is 1.03. The van der Waals surface area contributed by atoms with E-state index in [1.807, 2.05) is 0 Å². The van der Waals surface area contributed by atoms with Crippen LogP contribution in [-0.4, -0.2) is 15.3 Å². The Hall–Kier alpha value is -6.44. The van der Waals surface area contributed by atoms with Crippen molar-refractivity contribution >= 4 is 54.4 Å². The van der Waals surface area contributed by atoms with E-state index in [0.29, 0.717) is 0 Å². The first-order valence-electron chi connectivity index (χ1n) is 18.8. The van der Waals surface area contributed by atoms with E-state index in [4.69, 9.17) is 0 Å². The Labute approximate surface area is 313 Å². The number of allylic oxidation sites excluding steroid dienone is 2. The first-order valence-corrected chi connectivity index (χ1v) is 18.8. The van der Waals surface area contributed by atoms with Crippen molar-refractivity contribution in [3.05, 3.63) is 199 Å². The van der Waals surface area contributed by atoms with Gasteiger partial charge in [0.1, 0.15) is 12.3 Å². The monoisotopic (exact) mass is 698 g/mol. The third-order valence-electron chi connectivity index (χ3n) is 11.3. The second-order valence-corrected chi connectivity index (χ2v) is 14.3. The maximum Gasteiger partial charge on any atom is 0.123 e. The van der Waals surface area contributed by atoms with E-state index >= 15 is 0 Å². The number of fused-ring (bicyclic) bond motifs is 7. The highest BCUT2D eigenvalue weighted by Gasteiger charge is 2.33. The van der Waals surface area contributed by atoms with Gasteiger partial charge in [0.25, 0.3) is 0 Å². The Bertz CT molecular complexity index is 2910. The van der Waals surface area contributed by atoms with Gasteiger partial charge >= 0.3 is 0 Å². The third kappa shape index (κ3) is 5.00. The molecule has 0 amide bonds. The lowest BCUT2D eigenvalue weighted by Gasteiger charge is -2.42. The van der Waals surface area contributed by atoms with Crippen molar-refractivity contribution in [3.8, 4) is 5.69 Å². The quantitative estimate of drug-likeness (QED) is 0.145. The molecule has 54 heavy (non-hydrogen) atoms. The molecule has 2 aliphatic rings.